The third-order valence-electron chi connectivity index (χ3n) is 2.76. The Kier molecular flexibility index (Phi) is 6.43. The maximum Gasteiger partial charge on any atom is 0.303 e. The molecular formula is C14H20N2O3. The Hall–Kier alpha value is -2.04. The van der Waals surface area contributed by atoms with Gasteiger partial charge in [-0.3, -0.25) is 9.59 Å². The summed E-state index contributed by atoms with van der Waals surface area (Å²) in [7, 11) is 0. The van der Waals surface area contributed by atoms with Crippen LogP contribution in [0.5, 0.6) is 0 Å². The molecule has 1 aromatic carbocycles. The van der Waals surface area contributed by atoms with E-state index >= 15 is 0 Å². The van der Waals surface area contributed by atoms with Crippen LogP contribution in [0.3, 0.4) is 0 Å². The molecule has 5 nitrogen and oxygen atoms in total. The van der Waals surface area contributed by atoms with E-state index in [0.29, 0.717) is 25.8 Å². The molecule has 0 fully saturated rings. The molecule has 5 heteroatoms. The second-order valence-corrected chi connectivity index (χ2v) is 4.44. The molecule has 1 aromatic rings. The van der Waals surface area contributed by atoms with Crippen LogP contribution in [-0.2, 0) is 16.0 Å². The Balaban J connectivity index is 2.10. The predicted octanol–water partition coefficient (Wildman–Crippen LogP) is 1.57. The Labute approximate surface area is 112 Å². The summed E-state index contributed by atoms with van der Waals surface area (Å²) < 4.78 is 0. The summed E-state index contributed by atoms with van der Waals surface area (Å²) in [6.45, 7) is 0.585. The van der Waals surface area contributed by atoms with Crippen molar-refractivity contribution in [1.82, 2.24) is 5.32 Å². The molecule has 0 unspecified atom stereocenters. The Morgan fingerprint density at radius 1 is 1.11 bits per heavy atom. The number of hydrogen-bond donors (Lipinski definition) is 3. The zero-order valence-electron chi connectivity index (χ0n) is 10.9. The van der Waals surface area contributed by atoms with Gasteiger partial charge in [-0.2, -0.15) is 0 Å². The average molecular weight is 264 g/mol. The van der Waals surface area contributed by atoms with E-state index in [9.17, 15) is 9.59 Å². The highest BCUT2D eigenvalue weighted by Crippen LogP contribution is 2.05. The van der Waals surface area contributed by atoms with Gasteiger partial charge in [-0.1, -0.05) is 12.1 Å². The van der Waals surface area contributed by atoms with Gasteiger partial charge in [0, 0.05) is 25.1 Å². The first-order chi connectivity index (χ1) is 9.08. The van der Waals surface area contributed by atoms with E-state index in [1.165, 1.54) is 0 Å². The molecule has 0 bridgehead atoms. The highest BCUT2D eigenvalue weighted by Gasteiger charge is 2.02. The summed E-state index contributed by atoms with van der Waals surface area (Å²) in [6, 6.07) is 7.55. The van der Waals surface area contributed by atoms with Gasteiger partial charge >= 0.3 is 5.97 Å². The van der Waals surface area contributed by atoms with Crippen LogP contribution in [0.4, 0.5) is 5.69 Å². The number of carbonyl (C=O) groups excluding carboxylic acids is 1. The molecule has 104 valence electrons. The van der Waals surface area contributed by atoms with Crippen molar-refractivity contribution in [3.8, 4) is 0 Å². The van der Waals surface area contributed by atoms with Crippen molar-refractivity contribution in [1.29, 1.82) is 0 Å². The number of hydrogen-bond acceptors (Lipinski definition) is 3. The summed E-state index contributed by atoms with van der Waals surface area (Å²) in [6.07, 6.45) is 2.43. The van der Waals surface area contributed by atoms with Crippen LogP contribution in [0, 0.1) is 0 Å². The van der Waals surface area contributed by atoms with E-state index < -0.39 is 5.97 Å². The molecule has 1 amide bonds. The Morgan fingerprint density at radius 3 is 2.37 bits per heavy atom. The molecule has 0 heterocycles. The fourth-order valence-electron chi connectivity index (χ4n) is 1.68. The van der Waals surface area contributed by atoms with Gasteiger partial charge in [-0.15, -0.1) is 0 Å². The number of nitrogens with one attached hydrogen (secondary N) is 1. The van der Waals surface area contributed by atoms with E-state index in [0.717, 1.165) is 17.7 Å². The number of rotatable bonds is 8. The molecule has 4 N–H and O–H groups in total. The van der Waals surface area contributed by atoms with Crippen LogP contribution < -0.4 is 11.1 Å². The SMILES string of the molecule is Nc1ccc(CCNC(=O)CCCCC(=O)O)cc1. The predicted molar refractivity (Wildman–Crippen MR) is 73.7 cm³/mol. The number of benzene rings is 1. The normalized spacial score (nSPS) is 10.1. The van der Waals surface area contributed by atoms with Crippen LogP contribution in [0.25, 0.3) is 0 Å². The molecular weight excluding hydrogens is 244 g/mol. The summed E-state index contributed by atoms with van der Waals surface area (Å²) in [5.74, 6) is -0.843. The van der Waals surface area contributed by atoms with E-state index in [1.54, 1.807) is 0 Å². The largest absolute Gasteiger partial charge is 0.481 e. The van der Waals surface area contributed by atoms with E-state index in [2.05, 4.69) is 5.32 Å². The van der Waals surface area contributed by atoms with Crippen molar-refractivity contribution in [3.05, 3.63) is 29.8 Å². The summed E-state index contributed by atoms with van der Waals surface area (Å²) in [5, 5.41) is 11.3. The van der Waals surface area contributed by atoms with E-state index in [4.69, 9.17) is 10.8 Å². The van der Waals surface area contributed by atoms with Gasteiger partial charge in [-0.05, 0) is 37.0 Å². The Bertz CT molecular complexity index is 415. The third-order valence-corrected chi connectivity index (χ3v) is 2.76. The van der Waals surface area contributed by atoms with Crippen LogP contribution in [0.15, 0.2) is 24.3 Å². The van der Waals surface area contributed by atoms with Gasteiger partial charge < -0.3 is 16.2 Å². The minimum Gasteiger partial charge on any atom is -0.481 e. The monoisotopic (exact) mass is 264 g/mol. The lowest BCUT2D eigenvalue weighted by Crippen LogP contribution is -2.25. The molecule has 0 spiro atoms. The standard InChI is InChI=1S/C14H20N2O3/c15-12-7-5-11(6-8-12)9-10-16-13(17)3-1-2-4-14(18)19/h5-8H,1-4,9-10,15H2,(H,16,17)(H,18,19). The van der Waals surface area contributed by atoms with Gasteiger partial charge in [-0.25, -0.2) is 0 Å². The molecule has 1 rings (SSSR count). The summed E-state index contributed by atoms with van der Waals surface area (Å²) >= 11 is 0. The minimum atomic E-state index is -0.816. The highest BCUT2D eigenvalue weighted by atomic mass is 16.4. The number of aliphatic carboxylic acids is 1. The van der Waals surface area contributed by atoms with Crippen LogP contribution in [0.2, 0.25) is 0 Å². The van der Waals surface area contributed by atoms with Gasteiger partial charge in [0.05, 0.1) is 0 Å². The molecule has 0 atom stereocenters. The van der Waals surface area contributed by atoms with Crippen molar-refractivity contribution < 1.29 is 14.7 Å². The molecule has 0 aliphatic heterocycles. The topological polar surface area (TPSA) is 92.4 Å². The van der Waals surface area contributed by atoms with Crippen molar-refractivity contribution in [2.24, 2.45) is 0 Å². The Morgan fingerprint density at radius 2 is 1.74 bits per heavy atom. The number of nitrogens with two attached hydrogens (primary N) is 1. The van der Waals surface area contributed by atoms with E-state index in [-0.39, 0.29) is 12.3 Å². The lowest BCUT2D eigenvalue weighted by molar-refractivity contribution is -0.137. The number of unbranched alkanes of at least 4 members (excludes halogenated alkanes) is 1. The quantitative estimate of drug-likeness (QED) is 0.491. The van der Waals surface area contributed by atoms with Crippen LogP contribution >= 0.6 is 0 Å². The molecule has 0 radical (unpaired) electrons. The van der Waals surface area contributed by atoms with Gasteiger partial charge in [0.25, 0.3) is 0 Å². The van der Waals surface area contributed by atoms with E-state index in [1.807, 2.05) is 24.3 Å². The minimum absolute atomic E-state index is 0.0270. The first-order valence-electron chi connectivity index (χ1n) is 6.41. The van der Waals surface area contributed by atoms with Gasteiger partial charge in [0.15, 0.2) is 0 Å². The first kappa shape index (κ1) is 15.0. The number of carboxylic acid groups (broad SMARTS) is 1. The van der Waals surface area contributed by atoms with Crippen molar-refractivity contribution in [3.63, 3.8) is 0 Å². The first-order valence-corrected chi connectivity index (χ1v) is 6.41. The third kappa shape index (κ3) is 7.08. The molecule has 0 aromatic heterocycles. The fraction of sp³-hybridized carbons (Fsp3) is 0.429. The van der Waals surface area contributed by atoms with Crippen molar-refractivity contribution in [2.45, 2.75) is 32.1 Å². The number of amides is 1. The molecule has 0 aliphatic carbocycles. The molecule has 0 saturated heterocycles. The summed E-state index contributed by atoms with van der Waals surface area (Å²) in [5.41, 5.74) is 7.43. The zero-order chi connectivity index (χ0) is 14.1. The number of nitrogen functional groups attached to an aromatic ring is 1. The average Bonchev–Trinajstić information content (AvgIpc) is 2.37. The van der Waals surface area contributed by atoms with Gasteiger partial charge in [0.1, 0.15) is 0 Å². The summed E-state index contributed by atoms with van der Waals surface area (Å²) in [4.78, 5) is 21.7. The maximum atomic E-state index is 11.5. The van der Waals surface area contributed by atoms with Crippen LogP contribution in [0.1, 0.15) is 31.2 Å². The van der Waals surface area contributed by atoms with Crippen molar-refractivity contribution in [2.75, 3.05) is 12.3 Å². The number of carbonyl (C=O) groups is 2. The fourth-order valence-corrected chi connectivity index (χ4v) is 1.68. The molecule has 19 heavy (non-hydrogen) atoms. The van der Waals surface area contributed by atoms with Crippen molar-refractivity contribution >= 4 is 17.6 Å². The molecule has 0 saturated carbocycles. The highest BCUT2D eigenvalue weighted by molar-refractivity contribution is 5.75. The second-order valence-electron chi connectivity index (χ2n) is 4.44. The smallest absolute Gasteiger partial charge is 0.303 e. The zero-order valence-corrected chi connectivity index (χ0v) is 10.9. The number of carboxylic acids is 1. The van der Waals surface area contributed by atoms with Gasteiger partial charge in [0.2, 0.25) is 5.91 Å². The lowest BCUT2D eigenvalue weighted by atomic mass is 10.1. The van der Waals surface area contributed by atoms with Crippen LogP contribution in [-0.4, -0.2) is 23.5 Å². The number of anilines is 1. The maximum absolute atomic E-state index is 11.5. The second kappa shape index (κ2) is 8.13. The molecule has 0 aliphatic rings. The lowest BCUT2D eigenvalue weighted by Gasteiger charge is -2.05.